The number of sulfonamides is 2. The Morgan fingerprint density at radius 1 is 0.811 bits per heavy atom. The molecule has 0 saturated carbocycles. The minimum absolute atomic E-state index is 0.0422. The molecule has 37 heavy (non-hydrogen) atoms. The van der Waals surface area contributed by atoms with E-state index < -0.39 is 26.0 Å². The Kier molecular flexibility index (Phi) is 8.16. The zero-order valence-corrected chi connectivity index (χ0v) is 22.0. The molecule has 0 aromatic heterocycles. The van der Waals surface area contributed by atoms with Crippen LogP contribution in [0.15, 0.2) is 77.7 Å². The van der Waals surface area contributed by atoms with Crippen molar-refractivity contribution in [3.05, 3.63) is 83.9 Å². The van der Waals surface area contributed by atoms with Crippen LogP contribution in [-0.4, -0.2) is 47.2 Å². The fourth-order valence-electron chi connectivity index (χ4n) is 3.99. The average molecular weight is 544 g/mol. The molecule has 1 aliphatic heterocycles. The number of hydrogen-bond acceptors (Lipinski definition) is 6. The molecule has 0 radical (unpaired) electrons. The van der Waals surface area contributed by atoms with E-state index in [4.69, 9.17) is 4.74 Å². The van der Waals surface area contributed by atoms with Crippen molar-refractivity contribution < 1.29 is 26.4 Å². The van der Waals surface area contributed by atoms with E-state index in [-0.39, 0.29) is 10.6 Å². The van der Waals surface area contributed by atoms with Crippen LogP contribution in [-0.2, 0) is 25.8 Å². The lowest BCUT2D eigenvalue weighted by Gasteiger charge is -2.25. The molecule has 0 bridgehead atoms. The summed E-state index contributed by atoms with van der Waals surface area (Å²) in [6.45, 7) is 1.11. The second-order valence-electron chi connectivity index (χ2n) is 8.73. The number of methoxy groups -OCH3 is 1. The van der Waals surface area contributed by atoms with E-state index in [9.17, 15) is 21.6 Å². The molecule has 0 atom stereocenters. The summed E-state index contributed by atoms with van der Waals surface area (Å²) in [5.74, 6) is 0.118. The minimum atomic E-state index is -3.81. The summed E-state index contributed by atoms with van der Waals surface area (Å²) < 4.78 is 59.7. The maximum absolute atomic E-state index is 12.7. The molecule has 9 nitrogen and oxygen atoms in total. The molecule has 1 saturated heterocycles. The predicted molar refractivity (Wildman–Crippen MR) is 143 cm³/mol. The van der Waals surface area contributed by atoms with Gasteiger partial charge < -0.3 is 10.1 Å². The largest absolute Gasteiger partial charge is 0.497 e. The van der Waals surface area contributed by atoms with Gasteiger partial charge in [-0.05, 0) is 79.1 Å². The van der Waals surface area contributed by atoms with Crippen molar-refractivity contribution in [3.63, 3.8) is 0 Å². The van der Waals surface area contributed by atoms with Crippen LogP contribution < -0.4 is 14.8 Å². The van der Waals surface area contributed by atoms with Crippen molar-refractivity contribution in [1.29, 1.82) is 0 Å². The Hall–Kier alpha value is -3.41. The highest BCUT2D eigenvalue weighted by molar-refractivity contribution is 7.92. The van der Waals surface area contributed by atoms with Gasteiger partial charge in [0.25, 0.3) is 15.9 Å². The maximum atomic E-state index is 12.7. The number of piperidine rings is 1. The standard InChI is InChI=1S/C26H29N3O6S2/c1-35-24-13-9-23(10-14-24)28-37(33,34)25-15-11-22(12-16-25)27-26(30)21-7-5-20(6-8-21)19-36(31,32)29-17-3-2-4-18-29/h5-16,28H,2-4,17-19H2,1H3,(H,27,30). The fourth-order valence-corrected chi connectivity index (χ4v) is 6.66. The highest BCUT2D eigenvalue weighted by atomic mass is 32.2. The number of hydrogen-bond donors (Lipinski definition) is 2. The molecule has 0 aliphatic carbocycles. The maximum Gasteiger partial charge on any atom is 0.261 e. The second kappa shape index (κ2) is 11.3. The van der Waals surface area contributed by atoms with Gasteiger partial charge in [0.05, 0.1) is 17.8 Å². The van der Waals surface area contributed by atoms with E-state index in [0.29, 0.717) is 41.3 Å². The van der Waals surface area contributed by atoms with E-state index in [0.717, 1.165) is 19.3 Å². The number of benzene rings is 3. The first-order chi connectivity index (χ1) is 17.7. The third kappa shape index (κ3) is 6.88. The normalized spacial score (nSPS) is 14.6. The third-order valence-electron chi connectivity index (χ3n) is 6.04. The number of rotatable bonds is 9. The van der Waals surface area contributed by atoms with Gasteiger partial charge >= 0.3 is 0 Å². The van der Waals surface area contributed by atoms with Gasteiger partial charge in [0.15, 0.2) is 0 Å². The van der Waals surface area contributed by atoms with E-state index in [1.807, 2.05) is 0 Å². The van der Waals surface area contributed by atoms with Gasteiger partial charge in [0.2, 0.25) is 10.0 Å². The van der Waals surface area contributed by atoms with Crippen LogP contribution in [0.4, 0.5) is 11.4 Å². The summed E-state index contributed by atoms with van der Waals surface area (Å²) in [6.07, 6.45) is 2.81. The first-order valence-electron chi connectivity index (χ1n) is 11.8. The van der Waals surface area contributed by atoms with Crippen LogP contribution in [0.2, 0.25) is 0 Å². The van der Waals surface area contributed by atoms with Crippen LogP contribution in [0.3, 0.4) is 0 Å². The van der Waals surface area contributed by atoms with Gasteiger partial charge in [-0.3, -0.25) is 9.52 Å². The molecule has 196 valence electrons. The Bertz CT molecular complexity index is 1430. The summed E-state index contributed by atoms with van der Waals surface area (Å²) in [5, 5.41) is 2.72. The fraction of sp³-hybridized carbons (Fsp3) is 0.269. The number of carbonyl (C=O) groups excluding carboxylic acids is 1. The lowest BCUT2D eigenvalue weighted by molar-refractivity contribution is 0.102. The molecule has 3 aromatic carbocycles. The summed E-state index contributed by atoms with van der Waals surface area (Å²) in [5.41, 5.74) is 1.79. The molecule has 2 N–H and O–H groups in total. The van der Waals surface area contributed by atoms with Gasteiger partial charge in [-0.1, -0.05) is 18.6 Å². The van der Waals surface area contributed by atoms with Crippen LogP contribution in [0.25, 0.3) is 0 Å². The van der Waals surface area contributed by atoms with E-state index in [2.05, 4.69) is 10.0 Å². The number of carbonyl (C=O) groups is 1. The molecule has 3 aromatic rings. The van der Waals surface area contributed by atoms with Crippen molar-refractivity contribution in [2.24, 2.45) is 0 Å². The molecule has 1 amide bonds. The summed E-state index contributed by atoms with van der Waals surface area (Å²) in [7, 11) is -5.67. The van der Waals surface area contributed by atoms with E-state index >= 15 is 0 Å². The molecule has 0 spiro atoms. The Labute approximate surface area is 217 Å². The monoisotopic (exact) mass is 543 g/mol. The zero-order chi connectivity index (χ0) is 26.5. The van der Waals surface area contributed by atoms with E-state index in [1.54, 1.807) is 48.5 Å². The first-order valence-corrected chi connectivity index (χ1v) is 14.9. The van der Waals surface area contributed by atoms with Gasteiger partial charge in [0.1, 0.15) is 5.75 Å². The molecule has 1 fully saturated rings. The number of ether oxygens (including phenoxy) is 1. The van der Waals surface area contributed by atoms with Crippen LogP contribution >= 0.6 is 0 Å². The summed E-state index contributed by atoms with van der Waals surface area (Å²) in [6, 6.07) is 18.7. The topological polar surface area (TPSA) is 122 Å². The summed E-state index contributed by atoms with van der Waals surface area (Å²) >= 11 is 0. The van der Waals surface area contributed by atoms with Gasteiger partial charge in [-0.2, -0.15) is 0 Å². The molecule has 1 heterocycles. The van der Waals surface area contributed by atoms with Gasteiger partial charge in [-0.15, -0.1) is 0 Å². The van der Waals surface area contributed by atoms with E-state index in [1.165, 1.54) is 35.7 Å². The first kappa shape index (κ1) is 26.6. The average Bonchev–Trinajstić information content (AvgIpc) is 2.90. The summed E-state index contributed by atoms with van der Waals surface area (Å²) in [4.78, 5) is 12.7. The number of nitrogens with one attached hydrogen (secondary N) is 2. The smallest absolute Gasteiger partial charge is 0.261 e. The third-order valence-corrected chi connectivity index (χ3v) is 9.29. The quantitative estimate of drug-likeness (QED) is 0.420. The van der Waals surface area contributed by atoms with Crippen molar-refractivity contribution in [2.45, 2.75) is 29.9 Å². The lowest BCUT2D eigenvalue weighted by Crippen LogP contribution is -2.36. The molecule has 11 heteroatoms. The van der Waals surface area contributed by atoms with Crippen LogP contribution in [0.5, 0.6) is 5.75 Å². The molecule has 1 aliphatic rings. The van der Waals surface area contributed by atoms with Crippen molar-refractivity contribution in [1.82, 2.24) is 4.31 Å². The van der Waals surface area contributed by atoms with Crippen molar-refractivity contribution >= 4 is 37.3 Å². The van der Waals surface area contributed by atoms with Crippen molar-refractivity contribution in [2.75, 3.05) is 30.2 Å². The SMILES string of the molecule is COc1ccc(NS(=O)(=O)c2ccc(NC(=O)c3ccc(CS(=O)(=O)N4CCCCC4)cc3)cc2)cc1. The molecule has 4 rings (SSSR count). The van der Waals surface area contributed by atoms with Crippen LogP contribution in [0, 0.1) is 0 Å². The molecule has 0 unspecified atom stereocenters. The number of amides is 1. The second-order valence-corrected chi connectivity index (χ2v) is 12.4. The predicted octanol–water partition coefficient (Wildman–Crippen LogP) is 4.06. The highest BCUT2D eigenvalue weighted by Gasteiger charge is 2.24. The lowest BCUT2D eigenvalue weighted by atomic mass is 10.1. The zero-order valence-electron chi connectivity index (χ0n) is 20.4. The van der Waals surface area contributed by atoms with Gasteiger partial charge in [-0.25, -0.2) is 21.1 Å². The Morgan fingerprint density at radius 3 is 2.00 bits per heavy atom. The molecular formula is C26H29N3O6S2. The van der Waals surface area contributed by atoms with Crippen molar-refractivity contribution in [3.8, 4) is 5.75 Å². The Morgan fingerprint density at radius 2 is 1.41 bits per heavy atom. The number of nitrogens with zero attached hydrogens (tertiary/aromatic N) is 1. The van der Waals surface area contributed by atoms with Gasteiger partial charge in [0, 0.05) is 30.0 Å². The Balaban J connectivity index is 1.36. The highest BCUT2D eigenvalue weighted by Crippen LogP contribution is 2.21. The minimum Gasteiger partial charge on any atom is -0.497 e. The van der Waals surface area contributed by atoms with Crippen LogP contribution in [0.1, 0.15) is 35.2 Å². The number of anilines is 2. The molecular weight excluding hydrogens is 514 g/mol.